The van der Waals surface area contributed by atoms with Crippen molar-refractivity contribution in [1.29, 1.82) is 0 Å². The molecule has 0 spiro atoms. The highest BCUT2D eigenvalue weighted by atomic mass is 32.2. The molecule has 1 aromatic rings. The van der Waals surface area contributed by atoms with E-state index in [4.69, 9.17) is 5.73 Å². The van der Waals surface area contributed by atoms with Crippen molar-refractivity contribution in [3.8, 4) is 0 Å². The van der Waals surface area contributed by atoms with E-state index in [0.717, 1.165) is 0 Å². The Bertz CT molecular complexity index is 596. The van der Waals surface area contributed by atoms with Crippen molar-refractivity contribution in [1.82, 2.24) is 4.31 Å². The minimum Gasteiger partial charge on any atom is -0.326 e. The molecule has 0 radical (unpaired) electrons. The molecule has 2 fully saturated rings. The molecule has 2 aliphatic rings. The Morgan fingerprint density at radius 1 is 1.05 bits per heavy atom. The molecule has 2 atom stereocenters. The molecule has 0 bridgehead atoms. The fraction of sp³-hybridized carbons (Fsp3) is 0.647. The van der Waals surface area contributed by atoms with E-state index in [1.807, 2.05) is 19.1 Å². The van der Waals surface area contributed by atoms with Gasteiger partial charge < -0.3 is 5.73 Å². The van der Waals surface area contributed by atoms with Crippen LogP contribution in [0.15, 0.2) is 29.2 Å². The molecule has 4 nitrogen and oxygen atoms in total. The lowest BCUT2D eigenvalue weighted by Crippen LogP contribution is -2.32. The third-order valence-electron chi connectivity index (χ3n) is 5.23. The Morgan fingerprint density at radius 2 is 1.68 bits per heavy atom. The predicted molar refractivity (Wildman–Crippen MR) is 88.2 cm³/mol. The van der Waals surface area contributed by atoms with E-state index >= 15 is 0 Å². The summed E-state index contributed by atoms with van der Waals surface area (Å²) in [5.41, 5.74) is 7.24. The standard InChI is InChI=1S/C17H26N2O2S/c1-13-11-19(12-17(13)18)22(20,21)16-9-7-15(8-10-16)14-5-3-2-4-6-14/h7-10,13-14,17H,2-6,11-12,18H2,1H3. The Labute approximate surface area is 133 Å². The minimum atomic E-state index is -3.40. The maximum Gasteiger partial charge on any atom is 0.243 e. The highest BCUT2D eigenvalue weighted by Crippen LogP contribution is 2.33. The molecule has 0 aromatic heterocycles. The first-order valence-corrected chi connectivity index (χ1v) is 9.78. The second kappa shape index (κ2) is 6.30. The predicted octanol–water partition coefficient (Wildman–Crippen LogP) is 2.70. The molecule has 2 N–H and O–H groups in total. The number of benzene rings is 1. The molecule has 1 saturated heterocycles. The smallest absolute Gasteiger partial charge is 0.243 e. The maximum atomic E-state index is 12.7. The summed E-state index contributed by atoms with van der Waals surface area (Å²) in [7, 11) is -3.40. The molecule has 0 amide bonds. The van der Waals surface area contributed by atoms with Crippen LogP contribution in [0.25, 0.3) is 0 Å². The molecule has 2 unspecified atom stereocenters. The van der Waals surface area contributed by atoms with Crippen molar-refractivity contribution in [3.63, 3.8) is 0 Å². The van der Waals surface area contributed by atoms with Gasteiger partial charge in [-0.05, 0) is 42.4 Å². The van der Waals surface area contributed by atoms with Crippen LogP contribution in [0.2, 0.25) is 0 Å². The second-order valence-corrected chi connectivity index (χ2v) is 8.81. The van der Waals surface area contributed by atoms with Crippen LogP contribution in [0.4, 0.5) is 0 Å². The minimum absolute atomic E-state index is 0.0590. The van der Waals surface area contributed by atoms with Gasteiger partial charge in [0.25, 0.3) is 0 Å². The number of nitrogens with zero attached hydrogens (tertiary/aromatic N) is 1. The maximum absolute atomic E-state index is 12.7. The first-order chi connectivity index (χ1) is 10.5. The first-order valence-electron chi connectivity index (χ1n) is 8.34. The van der Waals surface area contributed by atoms with Gasteiger partial charge >= 0.3 is 0 Å². The summed E-state index contributed by atoms with van der Waals surface area (Å²) >= 11 is 0. The first kappa shape index (κ1) is 16.0. The molecule has 1 saturated carbocycles. The van der Waals surface area contributed by atoms with E-state index in [-0.39, 0.29) is 12.0 Å². The van der Waals surface area contributed by atoms with Crippen LogP contribution >= 0.6 is 0 Å². The van der Waals surface area contributed by atoms with E-state index in [2.05, 4.69) is 0 Å². The molecular weight excluding hydrogens is 296 g/mol. The normalized spacial score (nSPS) is 28.1. The summed E-state index contributed by atoms with van der Waals surface area (Å²) in [6.07, 6.45) is 6.36. The van der Waals surface area contributed by atoms with E-state index in [1.54, 1.807) is 12.1 Å². The number of rotatable bonds is 3. The van der Waals surface area contributed by atoms with Crippen LogP contribution in [-0.4, -0.2) is 31.9 Å². The van der Waals surface area contributed by atoms with Crippen molar-refractivity contribution in [2.24, 2.45) is 11.7 Å². The number of hydrogen-bond acceptors (Lipinski definition) is 3. The van der Waals surface area contributed by atoms with Crippen molar-refractivity contribution in [2.75, 3.05) is 13.1 Å². The van der Waals surface area contributed by atoms with E-state index < -0.39 is 10.0 Å². The van der Waals surface area contributed by atoms with Crippen LogP contribution in [0.1, 0.15) is 50.5 Å². The average molecular weight is 322 g/mol. The average Bonchev–Trinajstić information content (AvgIpc) is 2.88. The Kier molecular flexibility index (Phi) is 4.57. The van der Waals surface area contributed by atoms with E-state index in [0.29, 0.717) is 23.9 Å². The zero-order valence-electron chi connectivity index (χ0n) is 13.2. The van der Waals surface area contributed by atoms with Crippen molar-refractivity contribution < 1.29 is 8.42 Å². The molecular formula is C17H26N2O2S. The lowest BCUT2D eigenvalue weighted by molar-refractivity contribution is 0.443. The van der Waals surface area contributed by atoms with Gasteiger partial charge in [0.1, 0.15) is 0 Å². The highest BCUT2D eigenvalue weighted by molar-refractivity contribution is 7.89. The van der Waals surface area contributed by atoms with E-state index in [1.165, 1.54) is 42.0 Å². The Balaban J connectivity index is 1.77. The van der Waals surface area contributed by atoms with Gasteiger partial charge in [0.05, 0.1) is 4.90 Å². The summed E-state index contributed by atoms with van der Waals surface area (Å²) in [6, 6.07) is 7.49. The molecule has 1 aromatic carbocycles. The SMILES string of the molecule is CC1CN(S(=O)(=O)c2ccc(C3CCCCC3)cc2)CC1N. The topological polar surface area (TPSA) is 63.4 Å². The van der Waals surface area contributed by atoms with Crippen molar-refractivity contribution in [3.05, 3.63) is 29.8 Å². The lowest BCUT2D eigenvalue weighted by atomic mass is 9.84. The zero-order chi connectivity index (χ0) is 15.7. The third kappa shape index (κ3) is 3.07. The van der Waals surface area contributed by atoms with Crippen LogP contribution < -0.4 is 5.73 Å². The van der Waals surface area contributed by atoms with Crippen LogP contribution in [0.3, 0.4) is 0 Å². The molecule has 3 rings (SSSR count). The van der Waals surface area contributed by atoms with Gasteiger partial charge in [0.15, 0.2) is 0 Å². The number of hydrogen-bond donors (Lipinski definition) is 1. The largest absolute Gasteiger partial charge is 0.326 e. The quantitative estimate of drug-likeness (QED) is 0.930. The van der Waals surface area contributed by atoms with Gasteiger partial charge in [-0.2, -0.15) is 4.31 Å². The molecule has 1 aliphatic heterocycles. The third-order valence-corrected chi connectivity index (χ3v) is 7.08. The molecule has 122 valence electrons. The van der Waals surface area contributed by atoms with Gasteiger partial charge in [-0.25, -0.2) is 8.42 Å². The second-order valence-electron chi connectivity index (χ2n) is 6.87. The fourth-order valence-electron chi connectivity index (χ4n) is 3.64. The van der Waals surface area contributed by atoms with Gasteiger partial charge in [-0.15, -0.1) is 0 Å². The molecule has 1 heterocycles. The van der Waals surface area contributed by atoms with E-state index in [9.17, 15) is 8.42 Å². The lowest BCUT2D eigenvalue weighted by Gasteiger charge is -2.22. The summed E-state index contributed by atoms with van der Waals surface area (Å²) in [5, 5.41) is 0. The summed E-state index contributed by atoms with van der Waals surface area (Å²) in [5.74, 6) is 0.821. The fourth-order valence-corrected chi connectivity index (χ4v) is 5.22. The summed E-state index contributed by atoms with van der Waals surface area (Å²) < 4.78 is 26.9. The van der Waals surface area contributed by atoms with Gasteiger partial charge in [-0.3, -0.25) is 0 Å². The van der Waals surface area contributed by atoms with Crippen LogP contribution in [0.5, 0.6) is 0 Å². The monoisotopic (exact) mass is 322 g/mol. The Morgan fingerprint density at radius 3 is 2.23 bits per heavy atom. The Hall–Kier alpha value is -0.910. The molecule has 5 heteroatoms. The van der Waals surface area contributed by atoms with Crippen molar-refractivity contribution >= 4 is 10.0 Å². The van der Waals surface area contributed by atoms with Crippen LogP contribution in [-0.2, 0) is 10.0 Å². The van der Waals surface area contributed by atoms with Crippen LogP contribution in [0, 0.1) is 5.92 Å². The van der Waals surface area contributed by atoms with Crippen molar-refractivity contribution in [2.45, 2.75) is 55.9 Å². The number of sulfonamides is 1. The summed E-state index contributed by atoms with van der Waals surface area (Å²) in [4.78, 5) is 0.397. The van der Waals surface area contributed by atoms with Gasteiger partial charge in [0, 0.05) is 19.1 Å². The summed E-state index contributed by atoms with van der Waals surface area (Å²) in [6.45, 7) is 2.95. The van der Waals surface area contributed by atoms with Gasteiger partial charge in [0.2, 0.25) is 10.0 Å². The zero-order valence-corrected chi connectivity index (χ0v) is 14.1. The number of nitrogens with two attached hydrogens (primary N) is 1. The highest BCUT2D eigenvalue weighted by Gasteiger charge is 2.35. The molecule has 22 heavy (non-hydrogen) atoms. The molecule has 1 aliphatic carbocycles. The van der Waals surface area contributed by atoms with Gasteiger partial charge in [-0.1, -0.05) is 38.3 Å².